The van der Waals surface area contributed by atoms with Crippen LogP contribution in [0.25, 0.3) is 0 Å². The van der Waals surface area contributed by atoms with Gasteiger partial charge in [0.15, 0.2) is 0 Å². The Morgan fingerprint density at radius 3 is 3.04 bits per heavy atom. The van der Waals surface area contributed by atoms with Crippen LogP contribution in [0.3, 0.4) is 0 Å². The summed E-state index contributed by atoms with van der Waals surface area (Å²) in [5.41, 5.74) is 0.977. The van der Waals surface area contributed by atoms with E-state index in [1.54, 1.807) is 25.7 Å². The number of rotatable bonds is 5. The lowest BCUT2D eigenvalue weighted by molar-refractivity contribution is -0.124. The quantitative estimate of drug-likeness (QED) is 0.829. The van der Waals surface area contributed by atoms with E-state index >= 15 is 0 Å². The van der Waals surface area contributed by atoms with E-state index in [1.807, 2.05) is 4.57 Å². The average molecular weight is 372 g/mol. The minimum Gasteiger partial charge on any atom is -0.481 e. The van der Waals surface area contributed by atoms with Crippen molar-refractivity contribution in [3.8, 4) is 5.88 Å². The number of hydrogen-bond donors (Lipinski definition) is 1. The van der Waals surface area contributed by atoms with Gasteiger partial charge >= 0.3 is 0 Å². The monoisotopic (exact) mass is 372 g/mol. The fourth-order valence-electron chi connectivity index (χ4n) is 3.60. The maximum atomic E-state index is 12.9. The standard InChI is InChI=1S/C18H24N6O3/c1-26-17-6-16(21-11-22-17)23-9-14-8-19-12-24(14)15(10-23)18(25)20-7-13-2-4-27-5-3-13/h6,8,11-13,15H,2-5,7,9-10H2,1H3,(H,20,25)/t15-/m1/s1. The number of anilines is 1. The average Bonchev–Trinajstić information content (AvgIpc) is 3.21. The maximum absolute atomic E-state index is 12.9. The van der Waals surface area contributed by atoms with Gasteiger partial charge in [-0.25, -0.2) is 15.0 Å². The second-order valence-corrected chi connectivity index (χ2v) is 6.91. The lowest BCUT2D eigenvalue weighted by Crippen LogP contribution is -2.46. The summed E-state index contributed by atoms with van der Waals surface area (Å²) in [4.78, 5) is 27.6. The normalized spacial score (nSPS) is 20.2. The first-order valence-corrected chi connectivity index (χ1v) is 9.21. The van der Waals surface area contributed by atoms with E-state index in [0.717, 1.165) is 37.6 Å². The smallest absolute Gasteiger partial charge is 0.244 e. The number of methoxy groups -OCH3 is 1. The maximum Gasteiger partial charge on any atom is 0.244 e. The number of carbonyl (C=O) groups excluding carboxylic acids is 1. The molecule has 9 nitrogen and oxygen atoms in total. The van der Waals surface area contributed by atoms with Gasteiger partial charge < -0.3 is 24.3 Å². The van der Waals surface area contributed by atoms with Crippen molar-refractivity contribution in [2.75, 3.05) is 38.3 Å². The van der Waals surface area contributed by atoms with Crippen LogP contribution < -0.4 is 15.0 Å². The molecule has 1 atom stereocenters. The van der Waals surface area contributed by atoms with Crippen molar-refractivity contribution in [1.82, 2.24) is 24.8 Å². The lowest BCUT2D eigenvalue weighted by atomic mass is 10.0. The zero-order valence-corrected chi connectivity index (χ0v) is 15.4. The lowest BCUT2D eigenvalue weighted by Gasteiger charge is -2.34. The number of nitrogens with zero attached hydrogens (tertiary/aromatic N) is 5. The van der Waals surface area contributed by atoms with Crippen molar-refractivity contribution in [3.63, 3.8) is 0 Å². The van der Waals surface area contributed by atoms with E-state index < -0.39 is 0 Å². The minimum atomic E-state index is -0.350. The molecule has 0 saturated carbocycles. The first-order valence-electron chi connectivity index (χ1n) is 9.21. The molecule has 2 aromatic rings. The number of nitrogens with one attached hydrogen (secondary N) is 1. The molecule has 2 aliphatic rings. The highest BCUT2D eigenvalue weighted by atomic mass is 16.5. The summed E-state index contributed by atoms with van der Waals surface area (Å²) in [6.07, 6.45) is 6.98. The second-order valence-electron chi connectivity index (χ2n) is 6.91. The zero-order chi connectivity index (χ0) is 18.6. The van der Waals surface area contributed by atoms with Gasteiger partial charge in [-0.15, -0.1) is 0 Å². The number of hydrogen-bond acceptors (Lipinski definition) is 7. The molecule has 27 heavy (non-hydrogen) atoms. The summed E-state index contributed by atoms with van der Waals surface area (Å²) < 4.78 is 12.5. The number of carbonyl (C=O) groups is 1. The summed E-state index contributed by atoms with van der Waals surface area (Å²) in [6, 6.07) is 1.43. The number of imidazole rings is 1. The van der Waals surface area contributed by atoms with E-state index in [9.17, 15) is 4.79 Å². The number of fused-ring (bicyclic) bond motifs is 1. The van der Waals surface area contributed by atoms with Gasteiger partial charge in [-0.2, -0.15) is 0 Å². The fraction of sp³-hybridized carbons (Fsp3) is 0.556. The SMILES string of the molecule is COc1cc(N2Cc3cncn3[C@@H](C(=O)NCC3CCOCC3)C2)ncn1. The highest BCUT2D eigenvalue weighted by Gasteiger charge is 2.31. The third kappa shape index (κ3) is 3.87. The van der Waals surface area contributed by atoms with Gasteiger partial charge in [0.05, 0.1) is 25.7 Å². The van der Waals surface area contributed by atoms with Crippen LogP contribution >= 0.6 is 0 Å². The van der Waals surface area contributed by atoms with Gasteiger partial charge in [-0.3, -0.25) is 4.79 Å². The molecule has 0 unspecified atom stereocenters. The minimum absolute atomic E-state index is 0.00598. The Balaban J connectivity index is 1.48. The van der Waals surface area contributed by atoms with Crippen molar-refractivity contribution >= 4 is 11.7 Å². The molecule has 0 aliphatic carbocycles. The van der Waals surface area contributed by atoms with Crippen LogP contribution in [-0.4, -0.2) is 58.8 Å². The Kier molecular flexibility index (Phi) is 5.19. The van der Waals surface area contributed by atoms with Gasteiger partial charge in [-0.05, 0) is 18.8 Å². The number of ether oxygens (including phenoxy) is 2. The molecule has 0 bridgehead atoms. The molecular weight excluding hydrogens is 348 g/mol. The molecule has 0 aromatic carbocycles. The number of aromatic nitrogens is 4. The van der Waals surface area contributed by atoms with Crippen molar-refractivity contribution in [2.45, 2.75) is 25.4 Å². The van der Waals surface area contributed by atoms with Crippen molar-refractivity contribution in [1.29, 1.82) is 0 Å². The summed E-state index contributed by atoms with van der Waals surface area (Å²) in [6.45, 7) is 3.38. The van der Waals surface area contributed by atoms with Crippen molar-refractivity contribution in [2.24, 2.45) is 5.92 Å². The van der Waals surface area contributed by atoms with Gasteiger partial charge in [0.2, 0.25) is 11.8 Å². The van der Waals surface area contributed by atoms with Gasteiger partial charge in [0.1, 0.15) is 18.2 Å². The van der Waals surface area contributed by atoms with E-state index in [2.05, 4.69) is 25.2 Å². The van der Waals surface area contributed by atoms with Crippen LogP contribution in [-0.2, 0) is 16.1 Å². The highest BCUT2D eigenvalue weighted by molar-refractivity contribution is 5.81. The summed E-state index contributed by atoms with van der Waals surface area (Å²) in [5.74, 6) is 1.72. The fourth-order valence-corrected chi connectivity index (χ4v) is 3.60. The Hall–Kier alpha value is -2.68. The molecule has 0 radical (unpaired) electrons. The van der Waals surface area contributed by atoms with Crippen LogP contribution in [0.15, 0.2) is 24.9 Å². The molecule has 1 N–H and O–H groups in total. The Morgan fingerprint density at radius 1 is 1.37 bits per heavy atom. The largest absolute Gasteiger partial charge is 0.481 e. The van der Waals surface area contributed by atoms with Crippen molar-refractivity contribution < 1.29 is 14.3 Å². The predicted molar refractivity (Wildman–Crippen MR) is 97.5 cm³/mol. The van der Waals surface area contributed by atoms with Crippen LogP contribution in [0.5, 0.6) is 5.88 Å². The third-order valence-electron chi connectivity index (χ3n) is 5.20. The van der Waals surface area contributed by atoms with Crippen LogP contribution in [0.1, 0.15) is 24.6 Å². The van der Waals surface area contributed by atoms with E-state index in [1.165, 1.54) is 6.33 Å². The second kappa shape index (κ2) is 7.91. The molecule has 1 amide bonds. The molecular formula is C18H24N6O3. The topological polar surface area (TPSA) is 94.4 Å². The van der Waals surface area contributed by atoms with E-state index in [0.29, 0.717) is 31.4 Å². The van der Waals surface area contributed by atoms with E-state index in [4.69, 9.17) is 9.47 Å². The molecule has 1 saturated heterocycles. The van der Waals surface area contributed by atoms with Gasteiger partial charge in [-0.1, -0.05) is 0 Å². The third-order valence-corrected chi connectivity index (χ3v) is 5.20. The molecule has 2 aliphatic heterocycles. The molecule has 144 valence electrons. The van der Waals surface area contributed by atoms with Crippen LogP contribution in [0.4, 0.5) is 5.82 Å². The van der Waals surface area contributed by atoms with Gasteiger partial charge in [0, 0.05) is 38.6 Å². The van der Waals surface area contributed by atoms with Gasteiger partial charge in [0.25, 0.3) is 0 Å². The number of amides is 1. The molecule has 1 fully saturated rings. The molecule has 0 spiro atoms. The van der Waals surface area contributed by atoms with E-state index in [-0.39, 0.29) is 11.9 Å². The predicted octanol–water partition coefficient (Wildman–Crippen LogP) is 0.786. The Bertz CT molecular complexity index is 789. The summed E-state index contributed by atoms with van der Waals surface area (Å²) >= 11 is 0. The first kappa shape index (κ1) is 17.7. The Morgan fingerprint density at radius 2 is 2.22 bits per heavy atom. The molecule has 2 aromatic heterocycles. The van der Waals surface area contributed by atoms with Crippen molar-refractivity contribution in [3.05, 3.63) is 30.6 Å². The Labute approximate surface area is 157 Å². The molecule has 4 heterocycles. The first-order chi connectivity index (χ1) is 13.2. The zero-order valence-electron chi connectivity index (χ0n) is 15.4. The molecule has 4 rings (SSSR count). The molecule has 9 heteroatoms. The van der Waals surface area contributed by atoms with Crippen LogP contribution in [0, 0.1) is 5.92 Å². The summed E-state index contributed by atoms with van der Waals surface area (Å²) in [5, 5.41) is 3.12. The van der Waals surface area contributed by atoms with Crippen LogP contribution in [0.2, 0.25) is 0 Å². The summed E-state index contributed by atoms with van der Waals surface area (Å²) in [7, 11) is 1.57. The highest BCUT2D eigenvalue weighted by Crippen LogP contribution is 2.26.